The Labute approximate surface area is 66.8 Å². The van der Waals surface area contributed by atoms with Crippen molar-refractivity contribution in [1.29, 1.82) is 0 Å². The maximum Gasteiger partial charge on any atom is 0.231 e. The summed E-state index contributed by atoms with van der Waals surface area (Å²) in [6.45, 7) is 4.23. The lowest BCUT2D eigenvalue weighted by atomic mass is 10.3. The number of allylic oxidation sites excluding steroid dienone is 4. The van der Waals surface area contributed by atoms with Crippen LogP contribution < -0.4 is 0 Å². The molecular formula is C9H12O2. The van der Waals surface area contributed by atoms with Crippen LogP contribution in [0.5, 0.6) is 0 Å². The van der Waals surface area contributed by atoms with E-state index in [0.29, 0.717) is 6.79 Å². The fraction of sp³-hybridized carbons (Fsp3) is 0.333. The molecule has 0 radical (unpaired) electrons. The minimum Gasteiger partial charge on any atom is -0.454 e. The van der Waals surface area contributed by atoms with Crippen LogP contribution in [0.1, 0.15) is 13.8 Å². The van der Waals surface area contributed by atoms with Crippen LogP contribution >= 0.6 is 0 Å². The Morgan fingerprint density at radius 1 is 1.00 bits per heavy atom. The SMILES string of the molecule is C/C=C\C1=C(/C=C/C)OCO1. The maximum absolute atomic E-state index is 5.18. The lowest BCUT2D eigenvalue weighted by Gasteiger charge is -1.90. The van der Waals surface area contributed by atoms with Gasteiger partial charge in [-0.2, -0.15) is 0 Å². The van der Waals surface area contributed by atoms with Crippen LogP contribution in [0, 0.1) is 0 Å². The number of hydrogen-bond acceptors (Lipinski definition) is 2. The molecular weight excluding hydrogens is 140 g/mol. The van der Waals surface area contributed by atoms with Crippen molar-refractivity contribution >= 4 is 0 Å². The van der Waals surface area contributed by atoms with Gasteiger partial charge >= 0.3 is 0 Å². The van der Waals surface area contributed by atoms with Gasteiger partial charge in [0.2, 0.25) is 6.79 Å². The molecule has 0 fully saturated rings. The van der Waals surface area contributed by atoms with Crippen molar-refractivity contribution < 1.29 is 9.47 Å². The van der Waals surface area contributed by atoms with Gasteiger partial charge in [-0.3, -0.25) is 0 Å². The smallest absolute Gasteiger partial charge is 0.231 e. The maximum atomic E-state index is 5.18. The lowest BCUT2D eigenvalue weighted by Crippen LogP contribution is -1.80. The largest absolute Gasteiger partial charge is 0.454 e. The highest BCUT2D eigenvalue weighted by molar-refractivity contribution is 5.25. The Morgan fingerprint density at radius 2 is 1.45 bits per heavy atom. The standard InChI is InChI=1S/C9H12O2/c1-3-5-8-9(6-4-2)11-7-10-8/h3-6H,7H2,1-2H3/b5-3-,6-4+. The van der Waals surface area contributed by atoms with Crippen LogP contribution in [-0.4, -0.2) is 6.79 Å². The Kier molecular flexibility index (Phi) is 2.78. The molecule has 2 heteroatoms. The van der Waals surface area contributed by atoms with Crippen molar-refractivity contribution in [1.82, 2.24) is 0 Å². The monoisotopic (exact) mass is 152 g/mol. The first kappa shape index (κ1) is 7.92. The first-order chi connectivity index (χ1) is 5.38. The van der Waals surface area contributed by atoms with Crippen LogP contribution in [0.4, 0.5) is 0 Å². The summed E-state index contributed by atoms with van der Waals surface area (Å²) in [7, 11) is 0. The molecule has 1 heterocycles. The van der Waals surface area contributed by atoms with Gasteiger partial charge in [0.15, 0.2) is 11.5 Å². The second-order valence-corrected chi connectivity index (χ2v) is 2.14. The number of rotatable bonds is 2. The predicted octanol–water partition coefficient (Wildman–Crippen LogP) is 2.35. The lowest BCUT2D eigenvalue weighted by molar-refractivity contribution is 0.0778. The van der Waals surface area contributed by atoms with Crippen LogP contribution in [0.25, 0.3) is 0 Å². The Bertz CT molecular complexity index is 190. The van der Waals surface area contributed by atoms with E-state index < -0.39 is 0 Å². The first-order valence-electron chi connectivity index (χ1n) is 3.63. The zero-order valence-corrected chi connectivity index (χ0v) is 6.83. The zero-order chi connectivity index (χ0) is 8.10. The summed E-state index contributed by atoms with van der Waals surface area (Å²) in [5.74, 6) is 1.62. The van der Waals surface area contributed by atoms with E-state index in [0.717, 1.165) is 11.5 Å². The molecule has 0 aromatic carbocycles. The Hall–Kier alpha value is -1.18. The fourth-order valence-corrected chi connectivity index (χ4v) is 0.862. The van der Waals surface area contributed by atoms with Gasteiger partial charge < -0.3 is 9.47 Å². The molecule has 0 aromatic rings. The van der Waals surface area contributed by atoms with Gasteiger partial charge in [0, 0.05) is 0 Å². The molecule has 11 heavy (non-hydrogen) atoms. The first-order valence-corrected chi connectivity index (χ1v) is 3.63. The zero-order valence-electron chi connectivity index (χ0n) is 6.83. The van der Waals surface area contributed by atoms with Gasteiger partial charge in [-0.15, -0.1) is 0 Å². The molecule has 0 spiro atoms. The van der Waals surface area contributed by atoms with Crippen LogP contribution in [-0.2, 0) is 9.47 Å². The molecule has 2 nitrogen and oxygen atoms in total. The van der Waals surface area contributed by atoms with Crippen LogP contribution in [0.3, 0.4) is 0 Å². The molecule has 0 saturated heterocycles. The van der Waals surface area contributed by atoms with Crippen LogP contribution in [0.2, 0.25) is 0 Å². The molecule has 1 aliphatic heterocycles. The van der Waals surface area contributed by atoms with E-state index >= 15 is 0 Å². The molecule has 0 saturated carbocycles. The van der Waals surface area contributed by atoms with Gasteiger partial charge in [-0.25, -0.2) is 0 Å². The van der Waals surface area contributed by atoms with Crippen molar-refractivity contribution in [3.05, 3.63) is 35.8 Å². The molecule has 0 aromatic heterocycles. The Balaban J connectivity index is 2.77. The minimum atomic E-state index is 0.333. The topological polar surface area (TPSA) is 18.5 Å². The van der Waals surface area contributed by atoms with Gasteiger partial charge in [-0.1, -0.05) is 12.2 Å². The average Bonchev–Trinajstić information content (AvgIpc) is 2.39. The summed E-state index contributed by atoms with van der Waals surface area (Å²) in [5, 5.41) is 0. The minimum absolute atomic E-state index is 0.333. The Morgan fingerprint density at radius 3 is 1.82 bits per heavy atom. The summed E-state index contributed by atoms with van der Waals surface area (Å²) in [5.41, 5.74) is 0. The number of ether oxygens (including phenoxy) is 2. The third-order valence-corrected chi connectivity index (χ3v) is 1.31. The van der Waals surface area contributed by atoms with Crippen molar-refractivity contribution in [3.63, 3.8) is 0 Å². The molecule has 0 atom stereocenters. The summed E-state index contributed by atoms with van der Waals surface area (Å²) in [4.78, 5) is 0. The molecule has 1 rings (SSSR count). The highest BCUT2D eigenvalue weighted by atomic mass is 16.7. The summed E-state index contributed by atoms with van der Waals surface area (Å²) < 4.78 is 10.4. The third-order valence-electron chi connectivity index (χ3n) is 1.31. The van der Waals surface area contributed by atoms with E-state index in [2.05, 4.69) is 0 Å². The van der Waals surface area contributed by atoms with Crippen molar-refractivity contribution in [3.8, 4) is 0 Å². The molecule has 0 N–H and O–H groups in total. The average molecular weight is 152 g/mol. The molecule has 60 valence electrons. The van der Waals surface area contributed by atoms with Crippen molar-refractivity contribution in [2.24, 2.45) is 0 Å². The van der Waals surface area contributed by atoms with Gasteiger partial charge in [0.1, 0.15) is 0 Å². The second kappa shape index (κ2) is 3.86. The summed E-state index contributed by atoms with van der Waals surface area (Å²) >= 11 is 0. The van der Waals surface area contributed by atoms with E-state index in [9.17, 15) is 0 Å². The second-order valence-electron chi connectivity index (χ2n) is 2.14. The highest BCUT2D eigenvalue weighted by Gasteiger charge is 2.10. The summed E-state index contributed by atoms with van der Waals surface area (Å²) in [6, 6.07) is 0. The van der Waals surface area contributed by atoms with E-state index in [-0.39, 0.29) is 0 Å². The van der Waals surface area contributed by atoms with E-state index in [4.69, 9.17) is 9.47 Å². The molecule has 0 unspecified atom stereocenters. The molecule has 0 aliphatic carbocycles. The van der Waals surface area contributed by atoms with Gasteiger partial charge in [-0.05, 0) is 26.0 Å². The van der Waals surface area contributed by atoms with E-state index in [1.807, 2.05) is 38.2 Å². The number of hydrogen-bond donors (Lipinski definition) is 0. The molecule has 0 amide bonds. The van der Waals surface area contributed by atoms with Crippen LogP contribution in [0.15, 0.2) is 35.8 Å². The highest BCUT2D eigenvalue weighted by Crippen LogP contribution is 2.18. The normalized spacial score (nSPS) is 18.0. The van der Waals surface area contributed by atoms with E-state index in [1.165, 1.54) is 0 Å². The van der Waals surface area contributed by atoms with Gasteiger partial charge in [0.25, 0.3) is 0 Å². The fourth-order valence-electron chi connectivity index (χ4n) is 0.862. The predicted molar refractivity (Wildman–Crippen MR) is 43.7 cm³/mol. The third kappa shape index (κ3) is 1.87. The quantitative estimate of drug-likeness (QED) is 0.604. The molecule has 1 aliphatic rings. The van der Waals surface area contributed by atoms with E-state index in [1.54, 1.807) is 0 Å². The van der Waals surface area contributed by atoms with Crippen molar-refractivity contribution in [2.75, 3.05) is 6.79 Å². The van der Waals surface area contributed by atoms with Gasteiger partial charge in [0.05, 0.1) is 0 Å². The summed E-state index contributed by atoms with van der Waals surface area (Å²) in [6.07, 6.45) is 7.63. The van der Waals surface area contributed by atoms with Crippen molar-refractivity contribution in [2.45, 2.75) is 13.8 Å². The molecule has 0 bridgehead atoms.